The number of hydrogen-bond donors (Lipinski definition) is 2. The highest BCUT2D eigenvalue weighted by Crippen LogP contribution is 2.30. The van der Waals surface area contributed by atoms with Gasteiger partial charge in [-0.3, -0.25) is 0 Å². The van der Waals surface area contributed by atoms with Crippen molar-refractivity contribution in [2.45, 2.75) is 39.8 Å². The van der Waals surface area contributed by atoms with Crippen LogP contribution in [0.4, 0.5) is 4.39 Å². The molecule has 0 aliphatic heterocycles. The van der Waals surface area contributed by atoms with Crippen LogP contribution in [0.1, 0.15) is 37.9 Å². The summed E-state index contributed by atoms with van der Waals surface area (Å²) in [5, 5.41) is 10.1. The molecule has 17 heavy (non-hydrogen) atoms. The van der Waals surface area contributed by atoms with Crippen LogP contribution < -0.4 is 5.73 Å². The van der Waals surface area contributed by atoms with E-state index in [1.807, 2.05) is 20.8 Å². The highest BCUT2D eigenvalue weighted by atomic mass is 35.5. The quantitative estimate of drug-likeness (QED) is 0.860. The molecule has 2 atom stereocenters. The zero-order chi connectivity index (χ0) is 12.5. The molecule has 0 spiro atoms. The number of aliphatic hydroxyl groups excluding tert-OH is 1. The Kier molecular flexibility index (Phi) is 5.59. The minimum atomic E-state index is -0.701. The first-order chi connectivity index (χ1) is 7.25. The Morgan fingerprint density at radius 1 is 1.29 bits per heavy atom. The lowest BCUT2D eigenvalue weighted by Crippen LogP contribution is -2.37. The van der Waals surface area contributed by atoms with Crippen LogP contribution in [0.25, 0.3) is 0 Å². The summed E-state index contributed by atoms with van der Waals surface area (Å²) in [5.41, 5.74) is 6.84. The second-order valence-corrected chi connectivity index (χ2v) is 5.29. The minimum absolute atomic E-state index is 0. The Balaban J connectivity index is 0.00000256. The lowest BCUT2D eigenvalue weighted by atomic mass is 9.81. The van der Waals surface area contributed by atoms with E-state index in [-0.39, 0.29) is 23.6 Å². The lowest BCUT2D eigenvalue weighted by molar-refractivity contribution is 0.0398. The Morgan fingerprint density at radius 2 is 1.82 bits per heavy atom. The number of hydrogen-bond acceptors (Lipinski definition) is 2. The van der Waals surface area contributed by atoms with E-state index in [4.69, 9.17) is 5.73 Å². The Bertz CT molecular complexity index is 376. The van der Waals surface area contributed by atoms with Crippen molar-refractivity contribution in [3.63, 3.8) is 0 Å². The monoisotopic (exact) mass is 261 g/mol. The molecule has 1 aromatic rings. The first-order valence-electron chi connectivity index (χ1n) is 5.44. The molecule has 0 radical (unpaired) electrons. The summed E-state index contributed by atoms with van der Waals surface area (Å²) in [6, 6.07) is 4.22. The van der Waals surface area contributed by atoms with Gasteiger partial charge in [0.05, 0.1) is 12.1 Å². The normalized spacial score (nSPS) is 15.0. The lowest BCUT2D eigenvalue weighted by Gasteiger charge is -2.31. The van der Waals surface area contributed by atoms with Gasteiger partial charge in [0.1, 0.15) is 5.82 Å². The van der Waals surface area contributed by atoms with Crippen LogP contribution in [0.2, 0.25) is 0 Å². The molecule has 98 valence electrons. The molecule has 0 fully saturated rings. The number of nitrogens with two attached hydrogens (primary N) is 1. The van der Waals surface area contributed by atoms with Gasteiger partial charge in [0.2, 0.25) is 0 Å². The molecule has 0 aliphatic carbocycles. The first kappa shape index (κ1) is 16.4. The second-order valence-electron chi connectivity index (χ2n) is 5.29. The highest BCUT2D eigenvalue weighted by Gasteiger charge is 2.30. The van der Waals surface area contributed by atoms with Crippen molar-refractivity contribution >= 4 is 12.4 Å². The molecule has 0 bridgehead atoms. The maximum atomic E-state index is 13.4. The Labute approximate surface area is 108 Å². The van der Waals surface area contributed by atoms with Gasteiger partial charge in [0, 0.05) is 0 Å². The molecule has 1 aromatic carbocycles. The van der Waals surface area contributed by atoms with Gasteiger partial charge in [-0.05, 0) is 29.5 Å². The fourth-order valence-corrected chi connectivity index (χ4v) is 1.69. The van der Waals surface area contributed by atoms with Crippen LogP contribution in [0.15, 0.2) is 18.2 Å². The SMILES string of the molecule is Cc1c(F)cccc1[C@@H](N)[C@@H](O)C(C)(C)C.Cl. The third-order valence-electron chi connectivity index (χ3n) is 2.90. The van der Waals surface area contributed by atoms with E-state index >= 15 is 0 Å². The number of aliphatic hydroxyl groups is 1. The van der Waals surface area contributed by atoms with Crippen molar-refractivity contribution in [2.75, 3.05) is 0 Å². The molecule has 4 heteroatoms. The van der Waals surface area contributed by atoms with Gasteiger partial charge in [-0.2, -0.15) is 0 Å². The van der Waals surface area contributed by atoms with E-state index in [0.29, 0.717) is 11.1 Å². The molecule has 0 heterocycles. The summed E-state index contributed by atoms with van der Waals surface area (Å²) in [4.78, 5) is 0. The summed E-state index contributed by atoms with van der Waals surface area (Å²) >= 11 is 0. The maximum Gasteiger partial charge on any atom is 0.126 e. The predicted octanol–water partition coefficient (Wildman–Crippen LogP) is 2.96. The van der Waals surface area contributed by atoms with Gasteiger partial charge in [-0.15, -0.1) is 12.4 Å². The van der Waals surface area contributed by atoms with Gasteiger partial charge in [0.25, 0.3) is 0 Å². The molecule has 0 aliphatic rings. The van der Waals surface area contributed by atoms with Crippen molar-refractivity contribution in [3.8, 4) is 0 Å². The van der Waals surface area contributed by atoms with Crippen molar-refractivity contribution in [2.24, 2.45) is 11.1 Å². The van der Waals surface area contributed by atoms with Crippen LogP contribution >= 0.6 is 12.4 Å². The summed E-state index contributed by atoms with van der Waals surface area (Å²) < 4.78 is 13.4. The van der Waals surface area contributed by atoms with Crippen LogP contribution in [-0.2, 0) is 0 Å². The van der Waals surface area contributed by atoms with Crippen LogP contribution in [0.3, 0.4) is 0 Å². The molecular weight excluding hydrogens is 241 g/mol. The van der Waals surface area contributed by atoms with E-state index in [0.717, 1.165) is 0 Å². The fraction of sp³-hybridized carbons (Fsp3) is 0.538. The van der Waals surface area contributed by atoms with E-state index in [9.17, 15) is 9.50 Å². The molecule has 0 amide bonds. The fourth-order valence-electron chi connectivity index (χ4n) is 1.69. The third-order valence-corrected chi connectivity index (χ3v) is 2.90. The van der Waals surface area contributed by atoms with Crippen LogP contribution in [0, 0.1) is 18.2 Å². The van der Waals surface area contributed by atoms with E-state index in [2.05, 4.69) is 0 Å². The number of rotatable bonds is 2. The minimum Gasteiger partial charge on any atom is -0.391 e. The summed E-state index contributed by atoms with van der Waals surface area (Å²) in [7, 11) is 0. The van der Waals surface area contributed by atoms with Gasteiger partial charge in [0.15, 0.2) is 0 Å². The molecule has 0 saturated carbocycles. The van der Waals surface area contributed by atoms with Gasteiger partial charge in [-0.1, -0.05) is 32.9 Å². The topological polar surface area (TPSA) is 46.2 Å². The van der Waals surface area contributed by atoms with Gasteiger partial charge in [-0.25, -0.2) is 4.39 Å². The van der Waals surface area contributed by atoms with Crippen molar-refractivity contribution < 1.29 is 9.50 Å². The molecule has 0 saturated heterocycles. The van der Waals surface area contributed by atoms with E-state index in [1.54, 1.807) is 19.1 Å². The van der Waals surface area contributed by atoms with Crippen LogP contribution in [-0.4, -0.2) is 11.2 Å². The van der Waals surface area contributed by atoms with Gasteiger partial charge < -0.3 is 10.8 Å². The molecular formula is C13H21ClFNO. The second kappa shape index (κ2) is 5.80. The zero-order valence-electron chi connectivity index (χ0n) is 10.7. The average molecular weight is 262 g/mol. The Morgan fingerprint density at radius 3 is 2.29 bits per heavy atom. The predicted molar refractivity (Wildman–Crippen MR) is 70.8 cm³/mol. The molecule has 0 aromatic heterocycles. The van der Waals surface area contributed by atoms with Gasteiger partial charge >= 0.3 is 0 Å². The molecule has 2 nitrogen and oxygen atoms in total. The molecule has 3 N–H and O–H groups in total. The molecule has 0 unspecified atom stereocenters. The summed E-state index contributed by atoms with van der Waals surface area (Å²) in [5.74, 6) is -0.283. The van der Waals surface area contributed by atoms with Crippen LogP contribution in [0.5, 0.6) is 0 Å². The van der Waals surface area contributed by atoms with Crippen molar-refractivity contribution in [1.29, 1.82) is 0 Å². The largest absolute Gasteiger partial charge is 0.391 e. The number of halogens is 2. The van der Waals surface area contributed by atoms with Crippen molar-refractivity contribution in [1.82, 2.24) is 0 Å². The van der Waals surface area contributed by atoms with E-state index < -0.39 is 12.1 Å². The summed E-state index contributed by atoms with van der Waals surface area (Å²) in [6.45, 7) is 7.41. The first-order valence-corrected chi connectivity index (χ1v) is 5.44. The summed E-state index contributed by atoms with van der Waals surface area (Å²) in [6.07, 6.45) is -0.701. The highest BCUT2D eigenvalue weighted by molar-refractivity contribution is 5.85. The van der Waals surface area contributed by atoms with E-state index in [1.165, 1.54) is 6.07 Å². The average Bonchev–Trinajstić information content (AvgIpc) is 2.18. The standard InChI is InChI=1S/C13H20FNO.ClH/c1-8-9(6-5-7-10(8)14)11(15)12(16)13(2,3)4;/h5-7,11-12,16H,15H2,1-4H3;1H/t11-,12-;/m1./s1. The number of benzene rings is 1. The Hall–Kier alpha value is -0.640. The molecule has 1 rings (SSSR count). The maximum absolute atomic E-state index is 13.4. The van der Waals surface area contributed by atoms with Crippen molar-refractivity contribution in [3.05, 3.63) is 35.1 Å². The third kappa shape index (κ3) is 3.66. The zero-order valence-corrected chi connectivity index (χ0v) is 11.5. The smallest absolute Gasteiger partial charge is 0.126 e.